The topological polar surface area (TPSA) is 29.0 Å². The van der Waals surface area contributed by atoms with Gasteiger partial charge in [-0.15, -0.1) is 11.3 Å². The van der Waals surface area contributed by atoms with E-state index in [4.69, 9.17) is 0 Å². The van der Waals surface area contributed by atoms with Gasteiger partial charge in [0.15, 0.2) is 0 Å². The lowest BCUT2D eigenvalue weighted by Gasteiger charge is -2.18. The van der Waals surface area contributed by atoms with E-state index in [1.165, 1.54) is 54.6 Å². The van der Waals surface area contributed by atoms with Crippen LogP contribution < -0.4 is 4.90 Å². The van der Waals surface area contributed by atoms with Gasteiger partial charge in [0.05, 0.1) is 5.39 Å². The van der Waals surface area contributed by atoms with Crippen LogP contribution in [0.3, 0.4) is 0 Å². The Hall–Kier alpha value is -1.16. The number of hydrogen-bond donors (Lipinski definition) is 0. The fraction of sp³-hybridized carbons (Fsp3) is 0.571. The van der Waals surface area contributed by atoms with E-state index in [0.717, 1.165) is 13.1 Å². The molecule has 1 saturated heterocycles. The molecule has 0 spiro atoms. The van der Waals surface area contributed by atoms with E-state index in [0.29, 0.717) is 0 Å². The van der Waals surface area contributed by atoms with Crippen LogP contribution in [0.4, 0.5) is 5.82 Å². The number of nitrogens with zero attached hydrogens (tertiary/aromatic N) is 3. The smallest absolute Gasteiger partial charge is 0.141 e. The van der Waals surface area contributed by atoms with Crippen molar-refractivity contribution in [1.82, 2.24) is 9.97 Å². The van der Waals surface area contributed by atoms with E-state index in [-0.39, 0.29) is 0 Å². The zero-order valence-electron chi connectivity index (χ0n) is 10.5. The first-order chi connectivity index (χ1) is 8.93. The van der Waals surface area contributed by atoms with Crippen molar-refractivity contribution in [3.8, 4) is 0 Å². The van der Waals surface area contributed by atoms with Crippen molar-refractivity contribution in [2.24, 2.45) is 0 Å². The van der Waals surface area contributed by atoms with Crippen molar-refractivity contribution in [2.45, 2.75) is 38.5 Å². The van der Waals surface area contributed by atoms with Crippen LogP contribution in [0.1, 0.15) is 36.1 Å². The normalized spacial score (nSPS) is 19.4. The third kappa shape index (κ3) is 1.55. The summed E-state index contributed by atoms with van der Waals surface area (Å²) in [7, 11) is 0. The number of rotatable bonds is 1. The largest absolute Gasteiger partial charge is 0.356 e. The highest BCUT2D eigenvalue weighted by atomic mass is 32.1. The zero-order valence-corrected chi connectivity index (χ0v) is 11.3. The highest BCUT2D eigenvalue weighted by Gasteiger charge is 2.23. The highest BCUT2D eigenvalue weighted by Crippen LogP contribution is 2.39. The summed E-state index contributed by atoms with van der Waals surface area (Å²) in [4.78, 5) is 14.3. The summed E-state index contributed by atoms with van der Waals surface area (Å²) in [5.74, 6) is 1.21. The minimum absolute atomic E-state index is 1.16. The maximum Gasteiger partial charge on any atom is 0.141 e. The van der Waals surface area contributed by atoms with Gasteiger partial charge in [-0.2, -0.15) is 0 Å². The van der Waals surface area contributed by atoms with Gasteiger partial charge in [0.2, 0.25) is 0 Å². The predicted octanol–water partition coefficient (Wildman–Crippen LogP) is 3.17. The van der Waals surface area contributed by atoms with Crippen LogP contribution in [0.2, 0.25) is 0 Å². The van der Waals surface area contributed by atoms with E-state index in [1.54, 1.807) is 16.8 Å². The van der Waals surface area contributed by atoms with Gasteiger partial charge in [-0.25, -0.2) is 9.97 Å². The Balaban J connectivity index is 1.93. The molecule has 2 aliphatic rings. The molecule has 1 fully saturated rings. The Kier molecular flexibility index (Phi) is 2.50. The molecule has 0 bridgehead atoms. The van der Waals surface area contributed by atoms with Crippen molar-refractivity contribution in [3.05, 3.63) is 16.8 Å². The first kappa shape index (κ1) is 10.7. The van der Waals surface area contributed by atoms with Crippen LogP contribution in [0, 0.1) is 0 Å². The molecule has 94 valence electrons. The maximum absolute atomic E-state index is 4.59. The maximum atomic E-state index is 4.59. The number of thiophene rings is 1. The van der Waals surface area contributed by atoms with Crippen LogP contribution in [0.25, 0.3) is 10.2 Å². The molecule has 1 aliphatic heterocycles. The number of aromatic nitrogens is 2. The molecule has 2 aromatic rings. The zero-order chi connectivity index (χ0) is 11.9. The first-order valence-electron chi connectivity index (χ1n) is 6.94. The quantitative estimate of drug-likeness (QED) is 0.787. The molecule has 4 rings (SSSR count). The van der Waals surface area contributed by atoms with E-state index in [1.807, 2.05) is 11.3 Å². The summed E-state index contributed by atoms with van der Waals surface area (Å²) in [5.41, 5.74) is 1.56. The lowest BCUT2D eigenvalue weighted by molar-refractivity contribution is 0.700. The lowest BCUT2D eigenvalue weighted by Crippen LogP contribution is -2.19. The molecule has 4 heteroatoms. The molecule has 0 atom stereocenters. The van der Waals surface area contributed by atoms with E-state index >= 15 is 0 Å². The third-order valence-electron chi connectivity index (χ3n) is 4.14. The Morgan fingerprint density at radius 3 is 2.72 bits per heavy atom. The molecule has 3 nitrogen and oxygen atoms in total. The highest BCUT2D eigenvalue weighted by molar-refractivity contribution is 7.19. The van der Waals surface area contributed by atoms with Gasteiger partial charge in [0, 0.05) is 18.0 Å². The van der Waals surface area contributed by atoms with Crippen LogP contribution in [-0.4, -0.2) is 23.1 Å². The standard InChI is InChI=1S/C14H17N3S/c1-2-6-11-10(5-1)12-13(17-7-3-4-8-17)15-9-16-14(12)18-11/h9H,1-8H2. The summed E-state index contributed by atoms with van der Waals surface area (Å²) in [6, 6.07) is 0. The second-order valence-corrected chi connectivity index (χ2v) is 6.37. The fourth-order valence-corrected chi connectivity index (χ4v) is 4.47. The molecular weight excluding hydrogens is 242 g/mol. The van der Waals surface area contributed by atoms with Crippen LogP contribution in [0.5, 0.6) is 0 Å². The summed E-state index contributed by atoms with van der Waals surface area (Å²) < 4.78 is 0. The summed E-state index contributed by atoms with van der Waals surface area (Å²) in [5, 5.41) is 1.37. The van der Waals surface area contributed by atoms with Gasteiger partial charge in [-0.05, 0) is 44.1 Å². The average Bonchev–Trinajstić information content (AvgIpc) is 3.05. The van der Waals surface area contributed by atoms with E-state index in [2.05, 4.69) is 14.9 Å². The predicted molar refractivity (Wildman–Crippen MR) is 75.5 cm³/mol. The average molecular weight is 259 g/mol. The minimum atomic E-state index is 1.16. The molecule has 0 radical (unpaired) electrons. The third-order valence-corrected chi connectivity index (χ3v) is 5.34. The van der Waals surface area contributed by atoms with Crippen molar-refractivity contribution < 1.29 is 0 Å². The Labute approximate surface area is 111 Å². The summed E-state index contributed by atoms with van der Waals surface area (Å²) in [6.45, 7) is 2.33. The first-order valence-corrected chi connectivity index (χ1v) is 7.75. The van der Waals surface area contributed by atoms with E-state index < -0.39 is 0 Å². The Morgan fingerprint density at radius 1 is 1.00 bits per heavy atom. The van der Waals surface area contributed by atoms with Gasteiger partial charge in [0.25, 0.3) is 0 Å². The molecule has 3 heterocycles. The molecule has 2 aromatic heterocycles. The van der Waals surface area contributed by atoms with Gasteiger partial charge in [-0.1, -0.05) is 0 Å². The minimum Gasteiger partial charge on any atom is -0.356 e. The number of aryl methyl sites for hydroxylation is 2. The van der Waals surface area contributed by atoms with E-state index in [9.17, 15) is 0 Å². The van der Waals surface area contributed by atoms with Crippen LogP contribution in [-0.2, 0) is 12.8 Å². The van der Waals surface area contributed by atoms with Gasteiger partial charge < -0.3 is 4.90 Å². The van der Waals surface area contributed by atoms with Gasteiger partial charge >= 0.3 is 0 Å². The fourth-order valence-electron chi connectivity index (χ4n) is 3.24. The Morgan fingerprint density at radius 2 is 1.83 bits per heavy atom. The van der Waals surface area contributed by atoms with Crippen molar-refractivity contribution in [2.75, 3.05) is 18.0 Å². The Bertz CT molecular complexity index is 584. The SMILES string of the molecule is c1nc(N2CCCC2)c2c3c(sc2n1)CCCC3. The van der Waals surface area contributed by atoms with Crippen LogP contribution in [0.15, 0.2) is 6.33 Å². The van der Waals surface area contributed by atoms with Crippen molar-refractivity contribution in [3.63, 3.8) is 0 Å². The molecule has 0 amide bonds. The lowest BCUT2D eigenvalue weighted by atomic mass is 9.97. The molecule has 0 aromatic carbocycles. The van der Waals surface area contributed by atoms with Gasteiger partial charge in [-0.3, -0.25) is 0 Å². The second-order valence-electron chi connectivity index (χ2n) is 5.28. The molecule has 0 unspecified atom stereocenters. The second kappa shape index (κ2) is 4.19. The molecular formula is C14H17N3S. The van der Waals surface area contributed by atoms with Crippen molar-refractivity contribution >= 4 is 27.4 Å². The molecule has 0 saturated carbocycles. The monoisotopic (exact) mass is 259 g/mol. The number of hydrogen-bond acceptors (Lipinski definition) is 4. The molecule has 0 N–H and O–H groups in total. The van der Waals surface area contributed by atoms with Crippen molar-refractivity contribution in [1.29, 1.82) is 0 Å². The number of fused-ring (bicyclic) bond motifs is 3. The van der Waals surface area contributed by atoms with Gasteiger partial charge in [0.1, 0.15) is 17.0 Å². The number of anilines is 1. The summed E-state index contributed by atoms with van der Waals surface area (Å²) >= 11 is 1.89. The molecule has 1 aliphatic carbocycles. The molecule has 18 heavy (non-hydrogen) atoms. The summed E-state index contributed by atoms with van der Waals surface area (Å²) in [6.07, 6.45) is 9.49. The van der Waals surface area contributed by atoms with Crippen LogP contribution >= 0.6 is 11.3 Å².